The lowest BCUT2D eigenvalue weighted by atomic mass is 9.96. The first-order valence-corrected chi connectivity index (χ1v) is 8.25. The van der Waals surface area contributed by atoms with Gasteiger partial charge >= 0.3 is 0 Å². The number of hydrogen-bond acceptors (Lipinski definition) is 3. The van der Waals surface area contributed by atoms with Crippen LogP contribution in [0.3, 0.4) is 0 Å². The molecule has 1 N–H and O–H groups in total. The zero-order valence-electron chi connectivity index (χ0n) is 13.3. The minimum Gasteiger partial charge on any atom is -0.490 e. The molecular formula is C19H19N3O2. The molecule has 0 saturated heterocycles. The summed E-state index contributed by atoms with van der Waals surface area (Å²) in [4.78, 5) is 16.5. The fourth-order valence-corrected chi connectivity index (χ4v) is 2.82. The SMILES string of the molecule is O=C(Cc1cccc2nccn12)Nc1ccc(OC2CCC2)cc1. The summed E-state index contributed by atoms with van der Waals surface area (Å²) in [6, 6.07) is 13.3. The molecule has 1 aromatic carbocycles. The molecule has 2 aromatic heterocycles. The summed E-state index contributed by atoms with van der Waals surface area (Å²) in [7, 11) is 0. The van der Waals surface area contributed by atoms with E-state index in [-0.39, 0.29) is 5.91 Å². The summed E-state index contributed by atoms with van der Waals surface area (Å²) in [5, 5.41) is 2.93. The largest absolute Gasteiger partial charge is 0.490 e. The topological polar surface area (TPSA) is 55.6 Å². The summed E-state index contributed by atoms with van der Waals surface area (Å²) in [6.45, 7) is 0. The molecule has 0 spiro atoms. The Hall–Kier alpha value is -2.82. The predicted molar refractivity (Wildman–Crippen MR) is 92.2 cm³/mol. The van der Waals surface area contributed by atoms with Crippen molar-refractivity contribution in [3.8, 4) is 5.75 Å². The number of amides is 1. The molecule has 1 fully saturated rings. The van der Waals surface area contributed by atoms with Crippen LogP contribution in [0.5, 0.6) is 5.75 Å². The molecule has 5 nitrogen and oxygen atoms in total. The van der Waals surface area contributed by atoms with Crippen molar-refractivity contribution < 1.29 is 9.53 Å². The van der Waals surface area contributed by atoms with Gasteiger partial charge < -0.3 is 14.5 Å². The van der Waals surface area contributed by atoms with Crippen LogP contribution in [-0.2, 0) is 11.2 Å². The van der Waals surface area contributed by atoms with Gasteiger partial charge in [0.2, 0.25) is 5.91 Å². The molecule has 1 aliphatic carbocycles. The number of rotatable bonds is 5. The van der Waals surface area contributed by atoms with Crippen LogP contribution in [-0.4, -0.2) is 21.4 Å². The maximum atomic E-state index is 12.3. The van der Waals surface area contributed by atoms with Gasteiger partial charge in [-0.25, -0.2) is 4.98 Å². The minimum absolute atomic E-state index is 0.0520. The molecular weight excluding hydrogens is 302 g/mol. The fraction of sp³-hybridized carbons (Fsp3) is 0.263. The number of imidazole rings is 1. The quantitative estimate of drug-likeness (QED) is 0.783. The number of nitrogens with zero attached hydrogens (tertiary/aromatic N) is 2. The van der Waals surface area contributed by atoms with Crippen LogP contribution in [0, 0.1) is 0 Å². The monoisotopic (exact) mass is 321 g/mol. The zero-order chi connectivity index (χ0) is 16.4. The van der Waals surface area contributed by atoms with Gasteiger partial charge in [0, 0.05) is 23.8 Å². The predicted octanol–water partition coefficient (Wildman–Crippen LogP) is 3.45. The average Bonchev–Trinajstić information content (AvgIpc) is 3.02. The molecule has 2 heterocycles. The van der Waals surface area contributed by atoms with Crippen LogP contribution in [0.2, 0.25) is 0 Å². The number of nitrogens with one attached hydrogen (secondary N) is 1. The summed E-state index contributed by atoms with van der Waals surface area (Å²) >= 11 is 0. The molecule has 1 saturated carbocycles. The van der Waals surface area contributed by atoms with E-state index in [9.17, 15) is 4.79 Å². The van der Waals surface area contributed by atoms with E-state index in [1.807, 2.05) is 53.1 Å². The van der Waals surface area contributed by atoms with Gasteiger partial charge in [0.25, 0.3) is 0 Å². The second kappa shape index (κ2) is 6.35. The number of anilines is 1. The molecule has 0 radical (unpaired) electrons. The van der Waals surface area contributed by atoms with Crippen LogP contribution >= 0.6 is 0 Å². The van der Waals surface area contributed by atoms with Crippen LogP contribution in [0.15, 0.2) is 54.9 Å². The normalized spacial score (nSPS) is 14.3. The number of aromatic nitrogens is 2. The van der Waals surface area contributed by atoms with E-state index in [0.717, 1.165) is 35.6 Å². The van der Waals surface area contributed by atoms with Gasteiger partial charge in [0.15, 0.2) is 0 Å². The van der Waals surface area contributed by atoms with Gasteiger partial charge in [-0.05, 0) is 55.7 Å². The first-order valence-electron chi connectivity index (χ1n) is 8.25. The highest BCUT2D eigenvalue weighted by atomic mass is 16.5. The molecule has 24 heavy (non-hydrogen) atoms. The van der Waals surface area contributed by atoms with E-state index in [0.29, 0.717) is 12.5 Å². The molecule has 1 aliphatic rings. The Morgan fingerprint density at radius 1 is 1.21 bits per heavy atom. The number of benzene rings is 1. The van der Waals surface area contributed by atoms with Crippen molar-refractivity contribution in [2.24, 2.45) is 0 Å². The Balaban J connectivity index is 1.39. The van der Waals surface area contributed by atoms with Gasteiger partial charge in [-0.1, -0.05) is 6.07 Å². The number of carbonyl (C=O) groups excluding carboxylic acids is 1. The van der Waals surface area contributed by atoms with Crippen molar-refractivity contribution in [1.82, 2.24) is 9.38 Å². The molecule has 1 amide bonds. The van der Waals surface area contributed by atoms with Crippen molar-refractivity contribution in [2.75, 3.05) is 5.32 Å². The molecule has 5 heteroatoms. The number of fused-ring (bicyclic) bond motifs is 1. The van der Waals surface area contributed by atoms with Crippen molar-refractivity contribution >= 4 is 17.2 Å². The van der Waals surface area contributed by atoms with Crippen molar-refractivity contribution in [1.29, 1.82) is 0 Å². The van der Waals surface area contributed by atoms with E-state index < -0.39 is 0 Å². The van der Waals surface area contributed by atoms with Gasteiger partial charge in [0.05, 0.1) is 12.5 Å². The Kier molecular flexibility index (Phi) is 3.91. The van der Waals surface area contributed by atoms with Crippen LogP contribution in [0.4, 0.5) is 5.69 Å². The first kappa shape index (κ1) is 14.8. The van der Waals surface area contributed by atoms with Crippen molar-refractivity contribution in [3.63, 3.8) is 0 Å². The maximum absolute atomic E-state index is 12.3. The molecule has 0 unspecified atom stereocenters. The average molecular weight is 321 g/mol. The zero-order valence-corrected chi connectivity index (χ0v) is 13.3. The lowest BCUT2D eigenvalue weighted by Gasteiger charge is -2.26. The maximum Gasteiger partial charge on any atom is 0.230 e. The highest BCUT2D eigenvalue weighted by molar-refractivity contribution is 5.92. The third-order valence-corrected chi connectivity index (χ3v) is 4.35. The summed E-state index contributed by atoms with van der Waals surface area (Å²) < 4.78 is 7.75. The van der Waals surface area contributed by atoms with E-state index >= 15 is 0 Å². The molecule has 122 valence electrons. The summed E-state index contributed by atoms with van der Waals surface area (Å²) in [5.74, 6) is 0.810. The van der Waals surface area contributed by atoms with Gasteiger partial charge in [0.1, 0.15) is 11.4 Å². The van der Waals surface area contributed by atoms with Crippen molar-refractivity contribution in [3.05, 3.63) is 60.6 Å². The second-order valence-corrected chi connectivity index (χ2v) is 6.09. The number of pyridine rings is 1. The van der Waals surface area contributed by atoms with Gasteiger partial charge in [-0.3, -0.25) is 4.79 Å². The van der Waals surface area contributed by atoms with Crippen LogP contribution in [0.1, 0.15) is 25.0 Å². The molecule has 0 aliphatic heterocycles. The van der Waals surface area contributed by atoms with Crippen LogP contribution < -0.4 is 10.1 Å². The Labute approximate surface area is 140 Å². The number of carbonyl (C=O) groups is 1. The first-order chi connectivity index (χ1) is 11.8. The molecule has 3 aromatic rings. The number of ether oxygens (including phenoxy) is 1. The Morgan fingerprint density at radius 3 is 2.79 bits per heavy atom. The smallest absolute Gasteiger partial charge is 0.230 e. The van der Waals surface area contributed by atoms with E-state index in [4.69, 9.17) is 4.74 Å². The third kappa shape index (κ3) is 3.11. The molecule has 0 atom stereocenters. The van der Waals surface area contributed by atoms with E-state index in [1.54, 1.807) is 6.20 Å². The van der Waals surface area contributed by atoms with E-state index in [2.05, 4.69) is 10.3 Å². The molecule has 4 rings (SSSR count). The summed E-state index contributed by atoms with van der Waals surface area (Å²) in [5.41, 5.74) is 2.53. The molecule has 0 bridgehead atoms. The Morgan fingerprint density at radius 2 is 2.04 bits per heavy atom. The van der Waals surface area contributed by atoms with Gasteiger partial charge in [-0.2, -0.15) is 0 Å². The second-order valence-electron chi connectivity index (χ2n) is 6.09. The summed E-state index contributed by atoms with van der Waals surface area (Å²) in [6.07, 6.45) is 7.79. The van der Waals surface area contributed by atoms with Gasteiger partial charge in [-0.15, -0.1) is 0 Å². The minimum atomic E-state index is -0.0520. The van der Waals surface area contributed by atoms with E-state index in [1.165, 1.54) is 6.42 Å². The third-order valence-electron chi connectivity index (χ3n) is 4.35. The lowest BCUT2D eigenvalue weighted by Crippen LogP contribution is -2.24. The van der Waals surface area contributed by atoms with Crippen molar-refractivity contribution in [2.45, 2.75) is 31.8 Å². The number of hydrogen-bond donors (Lipinski definition) is 1. The Bertz CT molecular complexity index is 850. The standard InChI is InChI=1S/C19H19N3O2/c23-19(13-15-3-1-6-18-20-11-12-22(15)18)21-14-7-9-17(10-8-14)24-16-4-2-5-16/h1,3,6-12,16H,2,4-5,13H2,(H,21,23). The fourth-order valence-electron chi connectivity index (χ4n) is 2.82. The lowest BCUT2D eigenvalue weighted by molar-refractivity contribution is -0.115. The van der Waals surface area contributed by atoms with Crippen LogP contribution in [0.25, 0.3) is 5.65 Å². The highest BCUT2D eigenvalue weighted by Crippen LogP contribution is 2.25. The highest BCUT2D eigenvalue weighted by Gasteiger charge is 2.18.